The molecule has 0 radical (unpaired) electrons. The summed E-state index contributed by atoms with van der Waals surface area (Å²) in [4.78, 5) is 14.3. The molecule has 0 saturated heterocycles. The minimum atomic E-state index is -4.49. The summed E-state index contributed by atoms with van der Waals surface area (Å²) in [5.74, 6) is -0.530. The molecule has 0 amide bonds. The zero-order chi connectivity index (χ0) is 24.5. The molecule has 0 saturated carbocycles. The number of hydrogen-bond acceptors (Lipinski definition) is 6. The molecule has 0 fully saturated rings. The van der Waals surface area contributed by atoms with E-state index in [4.69, 9.17) is 16.3 Å². The minimum absolute atomic E-state index is 0.0118. The van der Waals surface area contributed by atoms with Crippen LogP contribution < -0.4 is 10.1 Å². The number of nitro groups is 1. The highest BCUT2D eigenvalue weighted by Gasteiger charge is 2.30. The molecule has 0 aliphatic carbocycles. The van der Waals surface area contributed by atoms with Crippen molar-refractivity contribution in [1.29, 1.82) is 0 Å². The minimum Gasteiger partial charge on any atom is -0.457 e. The Morgan fingerprint density at radius 1 is 1.06 bits per heavy atom. The number of aromatic nitrogens is 3. The molecule has 3 aromatic carbocycles. The van der Waals surface area contributed by atoms with Crippen molar-refractivity contribution in [2.75, 3.05) is 5.32 Å². The number of ether oxygens (including phenoxy) is 1. The van der Waals surface area contributed by atoms with E-state index in [9.17, 15) is 27.7 Å². The third kappa shape index (κ3) is 5.23. The third-order valence-corrected chi connectivity index (χ3v) is 4.74. The van der Waals surface area contributed by atoms with E-state index in [0.717, 1.165) is 30.3 Å². The topological polar surface area (TPSA) is 106 Å². The van der Waals surface area contributed by atoms with Crippen LogP contribution in [-0.2, 0) is 6.18 Å². The molecule has 0 aliphatic heterocycles. The van der Waals surface area contributed by atoms with Crippen LogP contribution in [0.4, 0.5) is 34.9 Å². The number of non-ortho nitro benzene ring substituents is 1. The molecule has 2 N–H and O–H groups in total. The lowest BCUT2D eigenvalue weighted by atomic mass is 10.2. The Hall–Kier alpha value is -4.19. The van der Waals surface area contributed by atoms with Gasteiger partial charge >= 0.3 is 6.18 Å². The molecule has 0 unspecified atom stereocenters. The van der Waals surface area contributed by atoms with E-state index in [1.807, 2.05) is 0 Å². The summed E-state index contributed by atoms with van der Waals surface area (Å²) < 4.78 is 57.7. The normalized spacial score (nSPS) is 11.3. The van der Waals surface area contributed by atoms with Gasteiger partial charge in [-0.05, 0) is 30.3 Å². The van der Waals surface area contributed by atoms with E-state index >= 15 is 0 Å². The molecule has 4 rings (SSSR count). The molecule has 13 heteroatoms. The molecule has 0 atom stereocenters. The van der Waals surface area contributed by atoms with Crippen molar-refractivity contribution >= 4 is 28.9 Å². The first-order valence-corrected chi connectivity index (χ1v) is 9.76. The maximum absolute atomic E-state index is 13.6. The van der Waals surface area contributed by atoms with Gasteiger partial charge < -0.3 is 10.1 Å². The van der Waals surface area contributed by atoms with Crippen LogP contribution in [0.3, 0.4) is 0 Å². The van der Waals surface area contributed by atoms with Crippen molar-refractivity contribution in [3.8, 4) is 22.9 Å². The van der Waals surface area contributed by atoms with Gasteiger partial charge in [0.15, 0.2) is 5.82 Å². The lowest BCUT2D eigenvalue weighted by Gasteiger charge is -2.08. The average molecular weight is 494 g/mol. The Morgan fingerprint density at radius 2 is 1.85 bits per heavy atom. The summed E-state index contributed by atoms with van der Waals surface area (Å²) in [6.07, 6.45) is -4.49. The van der Waals surface area contributed by atoms with Crippen molar-refractivity contribution in [2.24, 2.45) is 0 Å². The van der Waals surface area contributed by atoms with Crippen LogP contribution >= 0.6 is 11.6 Å². The van der Waals surface area contributed by atoms with Crippen LogP contribution in [0.2, 0.25) is 5.02 Å². The summed E-state index contributed by atoms with van der Waals surface area (Å²) in [6.45, 7) is 0. The number of alkyl halides is 3. The summed E-state index contributed by atoms with van der Waals surface area (Å²) >= 11 is 6.29. The quantitative estimate of drug-likeness (QED) is 0.175. The van der Waals surface area contributed by atoms with Gasteiger partial charge in [-0.2, -0.15) is 18.2 Å². The van der Waals surface area contributed by atoms with Crippen LogP contribution in [0.5, 0.6) is 11.5 Å². The lowest BCUT2D eigenvalue weighted by molar-refractivity contribution is -0.385. The van der Waals surface area contributed by atoms with Crippen molar-refractivity contribution < 1.29 is 27.2 Å². The second kappa shape index (κ2) is 8.98. The van der Waals surface area contributed by atoms with Gasteiger partial charge in [0, 0.05) is 23.4 Å². The van der Waals surface area contributed by atoms with Crippen LogP contribution in [0.1, 0.15) is 5.56 Å². The summed E-state index contributed by atoms with van der Waals surface area (Å²) in [7, 11) is 0. The van der Waals surface area contributed by atoms with E-state index in [1.54, 1.807) is 0 Å². The largest absolute Gasteiger partial charge is 0.457 e. The Labute approximate surface area is 193 Å². The second-order valence-electron chi connectivity index (χ2n) is 6.86. The lowest BCUT2D eigenvalue weighted by Crippen LogP contribution is -2.05. The molecule has 4 aromatic rings. The Balaban J connectivity index is 1.52. The van der Waals surface area contributed by atoms with Crippen LogP contribution in [0, 0.1) is 15.9 Å². The van der Waals surface area contributed by atoms with Gasteiger partial charge in [0.25, 0.3) is 5.69 Å². The SMILES string of the molecule is O=[N+]([O-])c1cc(F)cc(Oc2ccc(-c3nc(Nc4cccc(C(F)(F)F)c4)n[nH]3)c(Cl)c2)c1. The molecule has 8 nitrogen and oxygen atoms in total. The monoisotopic (exact) mass is 493 g/mol. The average Bonchev–Trinajstić information content (AvgIpc) is 3.21. The van der Waals surface area contributed by atoms with Gasteiger partial charge in [-0.3, -0.25) is 15.2 Å². The van der Waals surface area contributed by atoms with E-state index in [1.165, 1.54) is 30.3 Å². The smallest absolute Gasteiger partial charge is 0.416 e. The van der Waals surface area contributed by atoms with Crippen LogP contribution in [-0.4, -0.2) is 20.1 Å². The number of anilines is 2. The molecule has 1 aromatic heterocycles. The Morgan fingerprint density at radius 3 is 2.56 bits per heavy atom. The number of H-pyrrole nitrogens is 1. The molecular weight excluding hydrogens is 482 g/mol. The predicted molar refractivity (Wildman–Crippen MR) is 115 cm³/mol. The van der Waals surface area contributed by atoms with Gasteiger partial charge in [-0.15, -0.1) is 5.10 Å². The van der Waals surface area contributed by atoms with Crippen molar-refractivity contribution in [3.05, 3.63) is 87.2 Å². The molecule has 0 spiro atoms. The number of nitro benzene ring substituents is 1. The van der Waals surface area contributed by atoms with Gasteiger partial charge in [0.05, 0.1) is 27.6 Å². The second-order valence-corrected chi connectivity index (χ2v) is 7.26. The van der Waals surface area contributed by atoms with E-state index in [-0.39, 0.29) is 34.0 Å². The van der Waals surface area contributed by atoms with Crippen molar-refractivity contribution in [2.45, 2.75) is 6.18 Å². The fourth-order valence-corrected chi connectivity index (χ4v) is 3.20. The van der Waals surface area contributed by atoms with Gasteiger partial charge in [0.1, 0.15) is 17.3 Å². The highest BCUT2D eigenvalue weighted by Crippen LogP contribution is 2.34. The summed E-state index contributed by atoms with van der Waals surface area (Å²) in [5, 5.41) is 20.3. The Bertz CT molecular complexity index is 1380. The third-order valence-electron chi connectivity index (χ3n) is 4.43. The first-order chi connectivity index (χ1) is 16.1. The van der Waals surface area contributed by atoms with Gasteiger partial charge in [-0.25, -0.2) is 4.39 Å². The molecule has 1 heterocycles. The highest BCUT2D eigenvalue weighted by molar-refractivity contribution is 6.33. The molecule has 0 bridgehead atoms. The van der Waals surface area contributed by atoms with Crippen molar-refractivity contribution in [1.82, 2.24) is 15.2 Å². The molecule has 0 aliphatic rings. The number of rotatable bonds is 6. The fraction of sp³-hybridized carbons (Fsp3) is 0.0476. The number of aromatic amines is 1. The van der Waals surface area contributed by atoms with E-state index in [0.29, 0.717) is 5.56 Å². The zero-order valence-corrected chi connectivity index (χ0v) is 17.5. The fourth-order valence-electron chi connectivity index (χ4n) is 2.94. The number of halogens is 5. The van der Waals surface area contributed by atoms with Crippen LogP contribution in [0.15, 0.2) is 60.7 Å². The number of benzene rings is 3. The summed E-state index contributed by atoms with van der Waals surface area (Å²) in [5.41, 5.74) is -0.765. The first-order valence-electron chi connectivity index (χ1n) is 9.38. The maximum atomic E-state index is 13.6. The highest BCUT2D eigenvalue weighted by atomic mass is 35.5. The van der Waals surface area contributed by atoms with Gasteiger partial charge in [-0.1, -0.05) is 17.7 Å². The molecule has 34 heavy (non-hydrogen) atoms. The molecular formula is C21H12ClF4N5O3. The maximum Gasteiger partial charge on any atom is 0.416 e. The number of nitrogens with zero attached hydrogens (tertiary/aromatic N) is 3. The number of hydrogen-bond donors (Lipinski definition) is 2. The van der Waals surface area contributed by atoms with E-state index < -0.39 is 28.2 Å². The zero-order valence-electron chi connectivity index (χ0n) is 16.7. The molecule has 174 valence electrons. The first kappa shape index (κ1) is 23.0. The Kier molecular flexibility index (Phi) is 6.07. The van der Waals surface area contributed by atoms with Crippen LogP contribution in [0.25, 0.3) is 11.4 Å². The summed E-state index contributed by atoms with van der Waals surface area (Å²) in [6, 6.07) is 11.7. The van der Waals surface area contributed by atoms with E-state index in [2.05, 4.69) is 20.5 Å². The van der Waals surface area contributed by atoms with Crippen molar-refractivity contribution in [3.63, 3.8) is 0 Å². The number of nitrogens with one attached hydrogen (secondary N) is 2. The standard InChI is InChI=1S/C21H12ClF4N5O3/c22-18-10-15(34-16-8-12(23)7-14(9-16)31(32)33)4-5-17(18)19-28-20(30-29-19)27-13-3-1-2-11(6-13)21(24,25)26/h1-10H,(H2,27,28,29,30). The predicted octanol–water partition coefficient (Wildman–Crippen LogP) is 6.73. The van der Waals surface area contributed by atoms with Gasteiger partial charge in [0.2, 0.25) is 5.95 Å².